The normalized spacial score (nSPS) is 11.4. The molecule has 3 aromatic rings. The summed E-state index contributed by atoms with van der Waals surface area (Å²) in [5, 5.41) is 7.97. The lowest BCUT2D eigenvalue weighted by Gasteiger charge is -2.07. The summed E-state index contributed by atoms with van der Waals surface area (Å²) < 4.78 is 17.6. The van der Waals surface area contributed by atoms with Crippen LogP contribution >= 0.6 is 0 Å². The summed E-state index contributed by atoms with van der Waals surface area (Å²) in [5.41, 5.74) is 7.46. The van der Waals surface area contributed by atoms with Crippen LogP contribution in [0.15, 0.2) is 24.4 Å². The van der Waals surface area contributed by atoms with Gasteiger partial charge in [-0.2, -0.15) is 0 Å². The maximum absolute atomic E-state index is 13.9. The molecule has 3 rings (SSSR count). The number of para-hydroxylation sites is 1. The van der Waals surface area contributed by atoms with Crippen LogP contribution in [-0.2, 0) is 19.6 Å². The van der Waals surface area contributed by atoms with Crippen molar-refractivity contribution < 1.29 is 4.39 Å². The van der Waals surface area contributed by atoms with Crippen LogP contribution in [-0.4, -0.2) is 24.5 Å². The first-order valence-corrected chi connectivity index (χ1v) is 6.95. The number of fused-ring (bicyclic) bond motifs is 1. The highest BCUT2D eigenvalue weighted by Crippen LogP contribution is 2.20. The van der Waals surface area contributed by atoms with E-state index in [4.69, 9.17) is 5.73 Å². The molecule has 7 heteroatoms. The number of nitrogens with zero attached hydrogens (tertiary/aromatic N) is 5. The summed E-state index contributed by atoms with van der Waals surface area (Å²) >= 11 is 0. The van der Waals surface area contributed by atoms with Crippen molar-refractivity contribution in [2.75, 3.05) is 0 Å². The molecule has 0 unspecified atom stereocenters. The Balaban J connectivity index is 2.04. The van der Waals surface area contributed by atoms with Gasteiger partial charge in [0, 0.05) is 13.1 Å². The second-order valence-corrected chi connectivity index (χ2v) is 4.90. The van der Waals surface area contributed by atoms with Gasteiger partial charge < -0.3 is 10.3 Å². The molecule has 0 spiro atoms. The predicted octanol–water partition coefficient (Wildman–Crippen LogP) is 1.68. The Labute approximate surface area is 121 Å². The standard InChI is InChI=1S/C14H17FN6/c1-2-6-21-12-5-3-4-11(15)14(12)17-13(21)9-20-8-10(7-16)18-19-20/h3-5,8H,2,6-7,9,16H2,1H3. The highest BCUT2D eigenvalue weighted by atomic mass is 19.1. The number of rotatable bonds is 5. The maximum atomic E-state index is 13.9. The quantitative estimate of drug-likeness (QED) is 0.775. The van der Waals surface area contributed by atoms with Crippen molar-refractivity contribution >= 4 is 11.0 Å². The minimum Gasteiger partial charge on any atom is -0.326 e. The van der Waals surface area contributed by atoms with Gasteiger partial charge >= 0.3 is 0 Å². The van der Waals surface area contributed by atoms with Gasteiger partial charge in [0.15, 0.2) is 5.82 Å². The van der Waals surface area contributed by atoms with Gasteiger partial charge in [-0.15, -0.1) is 5.10 Å². The molecule has 2 N–H and O–H groups in total. The molecular formula is C14H17FN6. The van der Waals surface area contributed by atoms with Crippen molar-refractivity contribution in [1.82, 2.24) is 24.5 Å². The van der Waals surface area contributed by atoms with Crippen molar-refractivity contribution in [3.8, 4) is 0 Å². The highest BCUT2D eigenvalue weighted by molar-refractivity contribution is 5.76. The monoisotopic (exact) mass is 288 g/mol. The third kappa shape index (κ3) is 2.52. The van der Waals surface area contributed by atoms with Gasteiger partial charge in [-0.3, -0.25) is 0 Å². The van der Waals surface area contributed by atoms with Crippen LogP contribution in [0.1, 0.15) is 24.9 Å². The fourth-order valence-corrected chi connectivity index (χ4v) is 2.41. The van der Waals surface area contributed by atoms with E-state index in [0.717, 1.165) is 30.0 Å². The lowest BCUT2D eigenvalue weighted by molar-refractivity contribution is 0.578. The van der Waals surface area contributed by atoms with Crippen molar-refractivity contribution in [2.24, 2.45) is 5.73 Å². The SMILES string of the molecule is CCCn1c(Cn2cc(CN)nn2)nc2c(F)cccc21. The third-order valence-electron chi connectivity index (χ3n) is 3.35. The Morgan fingerprint density at radius 1 is 1.33 bits per heavy atom. The highest BCUT2D eigenvalue weighted by Gasteiger charge is 2.14. The minimum absolute atomic E-state index is 0.301. The molecule has 0 saturated heterocycles. The summed E-state index contributed by atoms with van der Waals surface area (Å²) in [6, 6.07) is 5.02. The number of imidazole rings is 1. The smallest absolute Gasteiger partial charge is 0.151 e. The van der Waals surface area contributed by atoms with Crippen LogP contribution in [0.2, 0.25) is 0 Å². The first kappa shape index (κ1) is 13.7. The zero-order valence-corrected chi connectivity index (χ0v) is 11.8. The molecule has 2 aromatic heterocycles. The maximum Gasteiger partial charge on any atom is 0.151 e. The molecule has 1 aromatic carbocycles. The second-order valence-electron chi connectivity index (χ2n) is 4.90. The Morgan fingerprint density at radius 2 is 2.19 bits per heavy atom. The van der Waals surface area contributed by atoms with Crippen LogP contribution in [0.25, 0.3) is 11.0 Å². The topological polar surface area (TPSA) is 74.5 Å². The fourth-order valence-electron chi connectivity index (χ4n) is 2.41. The average molecular weight is 288 g/mol. The van der Waals surface area contributed by atoms with E-state index in [1.165, 1.54) is 6.07 Å². The molecule has 0 amide bonds. The van der Waals surface area contributed by atoms with Gasteiger partial charge in [-0.1, -0.05) is 18.2 Å². The Morgan fingerprint density at radius 3 is 2.90 bits per heavy atom. The molecule has 0 aliphatic heterocycles. The number of benzene rings is 1. The molecule has 0 aliphatic carbocycles. The molecule has 0 fully saturated rings. The Kier molecular flexibility index (Phi) is 3.66. The molecular weight excluding hydrogens is 271 g/mol. The molecule has 0 bridgehead atoms. The average Bonchev–Trinajstić information content (AvgIpc) is 3.07. The number of hydrogen-bond donors (Lipinski definition) is 1. The molecule has 0 saturated carbocycles. The molecule has 0 radical (unpaired) electrons. The third-order valence-corrected chi connectivity index (χ3v) is 3.35. The van der Waals surface area contributed by atoms with E-state index in [1.54, 1.807) is 16.9 Å². The number of aromatic nitrogens is 5. The van der Waals surface area contributed by atoms with Gasteiger partial charge in [0.05, 0.1) is 17.4 Å². The second kappa shape index (κ2) is 5.61. The zero-order chi connectivity index (χ0) is 14.8. The molecule has 21 heavy (non-hydrogen) atoms. The number of aryl methyl sites for hydroxylation is 1. The lowest BCUT2D eigenvalue weighted by atomic mass is 10.3. The van der Waals surface area contributed by atoms with Crippen LogP contribution in [0.3, 0.4) is 0 Å². The predicted molar refractivity (Wildman–Crippen MR) is 77.0 cm³/mol. The number of nitrogens with two attached hydrogens (primary N) is 1. The summed E-state index contributed by atoms with van der Waals surface area (Å²) in [6.07, 6.45) is 2.73. The largest absolute Gasteiger partial charge is 0.326 e. The number of hydrogen-bond acceptors (Lipinski definition) is 4. The van der Waals surface area contributed by atoms with E-state index in [1.807, 2.05) is 10.6 Å². The Bertz CT molecular complexity index is 760. The van der Waals surface area contributed by atoms with E-state index >= 15 is 0 Å². The van der Waals surface area contributed by atoms with E-state index in [0.29, 0.717) is 18.6 Å². The van der Waals surface area contributed by atoms with Crippen molar-refractivity contribution in [3.63, 3.8) is 0 Å². The molecule has 2 heterocycles. The molecule has 0 atom stereocenters. The lowest BCUT2D eigenvalue weighted by Crippen LogP contribution is -2.09. The van der Waals surface area contributed by atoms with Gasteiger partial charge in [0.1, 0.15) is 17.9 Å². The van der Waals surface area contributed by atoms with E-state index in [9.17, 15) is 4.39 Å². The minimum atomic E-state index is -0.301. The molecule has 6 nitrogen and oxygen atoms in total. The van der Waals surface area contributed by atoms with Crippen molar-refractivity contribution in [3.05, 3.63) is 41.7 Å². The van der Waals surface area contributed by atoms with Crippen LogP contribution in [0, 0.1) is 5.82 Å². The van der Waals surface area contributed by atoms with Crippen molar-refractivity contribution in [2.45, 2.75) is 33.0 Å². The van der Waals surface area contributed by atoms with Crippen LogP contribution in [0.5, 0.6) is 0 Å². The summed E-state index contributed by atoms with van der Waals surface area (Å²) in [5.74, 6) is 0.468. The fraction of sp³-hybridized carbons (Fsp3) is 0.357. The van der Waals surface area contributed by atoms with Gasteiger partial charge in [0.2, 0.25) is 0 Å². The van der Waals surface area contributed by atoms with E-state index in [2.05, 4.69) is 22.2 Å². The summed E-state index contributed by atoms with van der Waals surface area (Å²) in [4.78, 5) is 4.43. The van der Waals surface area contributed by atoms with E-state index < -0.39 is 0 Å². The van der Waals surface area contributed by atoms with E-state index in [-0.39, 0.29) is 5.82 Å². The first-order chi connectivity index (χ1) is 10.2. The summed E-state index contributed by atoms with van der Waals surface area (Å²) in [7, 11) is 0. The Hall–Kier alpha value is -2.28. The van der Waals surface area contributed by atoms with Gasteiger partial charge in [-0.05, 0) is 18.6 Å². The van der Waals surface area contributed by atoms with Crippen LogP contribution in [0.4, 0.5) is 4.39 Å². The zero-order valence-electron chi connectivity index (χ0n) is 11.8. The van der Waals surface area contributed by atoms with Gasteiger partial charge in [0.25, 0.3) is 0 Å². The number of halogens is 1. The first-order valence-electron chi connectivity index (χ1n) is 6.95. The van der Waals surface area contributed by atoms with Crippen molar-refractivity contribution in [1.29, 1.82) is 0 Å². The van der Waals surface area contributed by atoms with Gasteiger partial charge in [-0.25, -0.2) is 14.1 Å². The molecule has 110 valence electrons. The molecule has 0 aliphatic rings. The van der Waals surface area contributed by atoms with Crippen LogP contribution < -0.4 is 5.73 Å². The summed E-state index contributed by atoms with van der Waals surface area (Å²) in [6.45, 7) is 3.66.